The molecule has 0 bridgehead atoms. The predicted octanol–water partition coefficient (Wildman–Crippen LogP) is 14.7. The first-order valence-electron chi connectivity index (χ1n) is 18.0. The summed E-state index contributed by atoms with van der Waals surface area (Å²) in [7, 11) is 0. The van der Waals surface area contributed by atoms with Crippen LogP contribution in [0.2, 0.25) is 0 Å². The minimum absolute atomic E-state index is 0.458. The van der Waals surface area contributed by atoms with Crippen LogP contribution in [0, 0.1) is 0 Å². The maximum atomic E-state index is 2.41. The standard InChI is InChI=1S/C51H36/c1-32(2)33-12-11-13-34(26-33)37-27-38(35-22-24-48-44-18-5-3-14-40(44)42-16-7-9-20-46(42)50(48)30-35)29-39(28-37)36-23-25-49-45-19-6-4-15-41(45)43-17-8-10-21-47(43)51(49)31-36/h3-32H,1-2H3. The van der Waals surface area contributed by atoms with Crippen molar-refractivity contribution in [3.05, 3.63) is 181 Å². The molecule has 0 nitrogen and oxygen atoms in total. The summed E-state index contributed by atoms with van der Waals surface area (Å²) >= 11 is 0. The molecule has 10 aromatic carbocycles. The molecule has 0 atom stereocenters. The lowest BCUT2D eigenvalue weighted by molar-refractivity contribution is 0.867. The number of rotatable bonds is 4. The zero-order valence-electron chi connectivity index (χ0n) is 28.8. The first-order valence-corrected chi connectivity index (χ1v) is 18.0. The van der Waals surface area contributed by atoms with Crippen molar-refractivity contribution in [2.24, 2.45) is 0 Å². The molecule has 0 fully saturated rings. The molecule has 0 saturated heterocycles. The van der Waals surface area contributed by atoms with Gasteiger partial charge in [-0.3, -0.25) is 0 Å². The Balaban J connectivity index is 1.23. The van der Waals surface area contributed by atoms with E-state index in [4.69, 9.17) is 0 Å². The van der Waals surface area contributed by atoms with Gasteiger partial charge in [0, 0.05) is 0 Å². The van der Waals surface area contributed by atoms with Crippen LogP contribution in [0.4, 0.5) is 0 Å². The van der Waals surface area contributed by atoms with Crippen LogP contribution in [0.5, 0.6) is 0 Å². The zero-order chi connectivity index (χ0) is 34.1. The van der Waals surface area contributed by atoms with Gasteiger partial charge in [0.25, 0.3) is 0 Å². The second kappa shape index (κ2) is 11.7. The molecule has 0 spiro atoms. The van der Waals surface area contributed by atoms with Crippen LogP contribution in [-0.4, -0.2) is 0 Å². The first kappa shape index (κ1) is 29.7. The maximum absolute atomic E-state index is 2.41. The van der Waals surface area contributed by atoms with Gasteiger partial charge in [0.2, 0.25) is 0 Å². The smallest absolute Gasteiger partial charge is 0.00928 e. The summed E-state index contributed by atoms with van der Waals surface area (Å²) in [6.07, 6.45) is 0. The van der Waals surface area contributed by atoms with Crippen molar-refractivity contribution < 1.29 is 0 Å². The van der Waals surface area contributed by atoms with Gasteiger partial charge >= 0.3 is 0 Å². The van der Waals surface area contributed by atoms with E-state index < -0.39 is 0 Å². The molecule has 0 N–H and O–H groups in total. The van der Waals surface area contributed by atoms with Crippen molar-refractivity contribution in [3.63, 3.8) is 0 Å². The Bertz CT molecular complexity index is 2750. The molecule has 0 amide bonds. The molecule has 51 heavy (non-hydrogen) atoms. The summed E-state index contributed by atoms with van der Waals surface area (Å²) in [6, 6.07) is 65.7. The van der Waals surface area contributed by atoms with Crippen LogP contribution in [0.25, 0.3) is 98.0 Å². The number of benzene rings is 10. The SMILES string of the molecule is CC(C)c1cccc(-c2cc(-c3ccc4c5ccccc5c5ccccc5c4c3)cc(-c3ccc4c5ccccc5c5ccccc5c4c3)c2)c1. The summed E-state index contributed by atoms with van der Waals surface area (Å²) in [5, 5.41) is 15.6. The summed E-state index contributed by atoms with van der Waals surface area (Å²) in [6.45, 7) is 4.54. The molecule has 0 radical (unpaired) electrons. The summed E-state index contributed by atoms with van der Waals surface area (Å²) in [4.78, 5) is 0. The van der Waals surface area contributed by atoms with Crippen LogP contribution < -0.4 is 0 Å². The highest BCUT2D eigenvalue weighted by atomic mass is 14.2. The average molecular weight is 649 g/mol. The van der Waals surface area contributed by atoms with Gasteiger partial charge in [-0.15, -0.1) is 0 Å². The second-order valence-corrected chi connectivity index (χ2v) is 14.3. The van der Waals surface area contributed by atoms with Crippen LogP contribution in [0.3, 0.4) is 0 Å². The monoisotopic (exact) mass is 648 g/mol. The Morgan fingerprint density at radius 2 is 0.549 bits per heavy atom. The van der Waals surface area contributed by atoms with E-state index in [0.29, 0.717) is 5.92 Å². The Morgan fingerprint density at radius 3 is 0.902 bits per heavy atom. The zero-order valence-corrected chi connectivity index (χ0v) is 28.8. The third kappa shape index (κ3) is 4.83. The van der Waals surface area contributed by atoms with E-state index in [1.165, 1.54) is 104 Å². The maximum Gasteiger partial charge on any atom is -0.00928 e. The number of fused-ring (bicyclic) bond motifs is 12. The van der Waals surface area contributed by atoms with E-state index in [2.05, 4.69) is 190 Å². The van der Waals surface area contributed by atoms with Gasteiger partial charge in [0.1, 0.15) is 0 Å². The van der Waals surface area contributed by atoms with Gasteiger partial charge in [-0.25, -0.2) is 0 Å². The molecule has 10 rings (SSSR count). The summed E-state index contributed by atoms with van der Waals surface area (Å²) in [5.41, 5.74) is 8.73. The van der Waals surface area contributed by atoms with Crippen molar-refractivity contribution in [1.82, 2.24) is 0 Å². The molecule has 0 heterocycles. The van der Waals surface area contributed by atoms with Crippen LogP contribution >= 0.6 is 0 Å². The van der Waals surface area contributed by atoms with Crippen molar-refractivity contribution in [1.29, 1.82) is 0 Å². The van der Waals surface area contributed by atoms with E-state index >= 15 is 0 Å². The molecule has 0 unspecified atom stereocenters. The van der Waals surface area contributed by atoms with Crippen molar-refractivity contribution >= 4 is 64.6 Å². The summed E-state index contributed by atoms with van der Waals surface area (Å²) < 4.78 is 0. The lowest BCUT2D eigenvalue weighted by Crippen LogP contribution is -1.90. The van der Waals surface area contributed by atoms with Gasteiger partial charge < -0.3 is 0 Å². The van der Waals surface area contributed by atoms with Gasteiger partial charge in [0.15, 0.2) is 0 Å². The first-order chi connectivity index (χ1) is 25.1. The van der Waals surface area contributed by atoms with Gasteiger partial charge in [-0.2, -0.15) is 0 Å². The predicted molar refractivity (Wildman–Crippen MR) is 222 cm³/mol. The highest BCUT2D eigenvalue weighted by molar-refractivity contribution is 6.27. The molecule has 0 heteroatoms. The van der Waals surface area contributed by atoms with E-state index in [0.717, 1.165) is 0 Å². The Morgan fingerprint density at radius 1 is 0.235 bits per heavy atom. The fourth-order valence-corrected chi connectivity index (χ4v) is 8.38. The molecule has 0 aliphatic rings. The fraction of sp³-hybridized carbons (Fsp3) is 0.0588. The van der Waals surface area contributed by atoms with Crippen LogP contribution in [0.1, 0.15) is 25.3 Å². The average Bonchev–Trinajstić information content (AvgIpc) is 3.20. The number of hydrogen-bond donors (Lipinski definition) is 0. The fourth-order valence-electron chi connectivity index (χ4n) is 8.38. The Hall–Kier alpha value is -6.24. The lowest BCUT2D eigenvalue weighted by Gasteiger charge is -2.16. The quantitative estimate of drug-likeness (QED) is 0.167. The molecular formula is C51H36. The minimum atomic E-state index is 0.458. The van der Waals surface area contributed by atoms with E-state index in [9.17, 15) is 0 Å². The number of hydrogen-bond acceptors (Lipinski definition) is 0. The second-order valence-electron chi connectivity index (χ2n) is 14.3. The molecular weight excluding hydrogens is 613 g/mol. The van der Waals surface area contributed by atoms with E-state index in [-0.39, 0.29) is 0 Å². The van der Waals surface area contributed by atoms with Crippen molar-refractivity contribution in [2.75, 3.05) is 0 Å². The third-order valence-corrected chi connectivity index (χ3v) is 11.0. The molecule has 0 aliphatic heterocycles. The van der Waals surface area contributed by atoms with Crippen LogP contribution in [0.15, 0.2) is 176 Å². The molecule has 0 aromatic heterocycles. The Labute approximate surface area is 298 Å². The van der Waals surface area contributed by atoms with Crippen LogP contribution in [-0.2, 0) is 0 Å². The van der Waals surface area contributed by atoms with Gasteiger partial charge in [0.05, 0.1) is 0 Å². The van der Waals surface area contributed by atoms with Crippen molar-refractivity contribution in [2.45, 2.75) is 19.8 Å². The third-order valence-electron chi connectivity index (χ3n) is 11.0. The molecule has 10 aromatic rings. The van der Waals surface area contributed by atoms with Crippen molar-refractivity contribution in [3.8, 4) is 33.4 Å². The lowest BCUT2D eigenvalue weighted by atomic mass is 9.88. The summed E-state index contributed by atoms with van der Waals surface area (Å²) in [5.74, 6) is 0.458. The van der Waals surface area contributed by atoms with Gasteiger partial charge in [-0.05, 0) is 140 Å². The molecule has 0 aliphatic carbocycles. The highest BCUT2D eigenvalue weighted by Gasteiger charge is 2.14. The van der Waals surface area contributed by atoms with E-state index in [1.807, 2.05) is 0 Å². The molecule has 240 valence electrons. The normalized spacial score (nSPS) is 11.9. The minimum Gasteiger partial charge on any atom is -0.0616 e. The van der Waals surface area contributed by atoms with E-state index in [1.54, 1.807) is 0 Å². The largest absolute Gasteiger partial charge is 0.0616 e. The Kier molecular flexibility index (Phi) is 6.79. The molecule has 0 saturated carbocycles. The van der Waals surface area contributed by atoms with Gasteiger partial charge in [-0.1, -0.05) is 159 Å². The topological polar surface area (TPSA) is 0 Å². The highest BCUT2D eigenvalue weighted by Crippen LogP contribution is 2.41.